The molecule has 5 nitrogen and oxygen atoms in total. The normalized spacial score (nSPS) is 11.9. The van der Waals surface area contributed by atoms with Gasteiger partial charge in [-0.3, -0.25) is 0 Å². The minimum atomic E-state index is -2.50. The van der Waals surface area contributed by atoms with Crippen molar-refractivity contribution in [1.29, 1.82) is 0 Å². The lowest BCUT2D eigenvalue weighted by atomic mass is 9.95. The van der Waals surface area contributed by atoms with E-state index >= 15 is 0 Å². The van der Waals surface area contributed by atoms with E-state index in [1.807, 2.05) is 20.8 Å². The summed E-state index contributed by atoms with van der Waals surface area (Å²) in [4.78, 5) is 10.3. The quantitative estimate of drug-likeness (QED) is 0.843. The predicted molar refractivity (Wildman–Crippen MR) is 80.3 cm³/mol. The maximum atomic E-state index is 12.8. The highest BCUT2D eigenvalue weighted by Gasteiger charge is 2.24. The van der Waals surface area contributed by atoms with Crippen molar-refractivity contribution in [1.82, 2.24) is 9.97 Å². The minimum absolute atomic E-state index is 0.106. The average molecular weight is 302 g/mol. The first-order chi connectivity index (χ1) is 9.70. The van der Waals surface area contributed by atoms with Gasteiger partial charge in [0, 0.05) is 24.6 Å². The van der Waals surface area contributed by atoms with Gasteiger partial charge in [0.25, 0.3) is 6.43 Å². The van der Waals surface area contributed by atoms with Crippen molar-refractivity contribution in [2.24, 2.45) is 0 Å². The van der Waals surface area contributed by atoms with Crippen LogP contribution in [0.2, 0.25) is 0 Å². The lowest BCUT2D eigenvalue weighted by Crippen LogP contribution is -2.34. The molecule has 21 heavy (non-hydrogen) atoms. The number of nitrogens with zero attached hydrogens (tertiary/aromatic N) is 3. The smallest absolute Gasteiger partial charge is 0.255 e. The van der Waals surface area contributed by atoms with E-state index in [2.05, 4.69) is 15.3 Å². The van der Waals surface area contributed by atoms with Gasteiger partial charge in [0.05, 0.1) is 13.2 Å². The van der Waals surface area contributed by atoms with Gasteiger partial charge in [-0.25, -0.2) is 18.7 Å². The van der Waals surface area contributed by atoms with Crippen LogP contribution in [0, 0.1) is 6.92 Å². The zero-order chi connectivity index (χ0) is 16.2. The first-order valence-electron chi connectivity index (χ1n) is 6.91. The van der Waals surface area contributed by atoms with Gasteiger partial charge in [-0.15, -0.1) is 0 Å². The van der Waals surface area contributed by atoms with E-state index < -0.39 is 13.0 Å². The predicted octanol–water partition coefficient (Wildman–Crippen LogP) is 2.19. The van der Waals surface area contributed by atoms with Crippen LogP contribution in [0.5, 0.6) is 0 Å². The number of hydrogen-bond acceptors (Lipinski definition) is 5. The fraction of sp³-hybridized carbons (Fsp3) is 0.714. The Balaban J connectivity index is 3.36. The topological polar surface area (TPSA) is 61.3 Å². The Kier molecular flexibility index (Phi) is 5.83. The van der Waals surface area contributed by atoms with Crippen LogP contribution in [0.1, 0.15) is 32.2 Å². The van der Waals surface area contributed by atoms with Crippen LogP contribution >= 0.6 is 0 Å². The summed E-state index contributed by atoms with van der Waals surface area (Å²) in [5, 5.41) is 12.1. The number of aliphatic hydroxyl groups excluding tert-OH is 1. The molecule has 0 aliphatic rings. The molecule has 0 fully saturated rings. The van der Waals surface area contributed by atoms with Gasteiger partial charge < -0.3 is 15.3 Å². The molecule has 0 radical (unpaired) electrons. The summed E-state index contributed by atoms with van der Waals surface area (Å²) in [5.41, 5.74) is 0.392. The first kappa shape index (κ1) is 17.6. The molecule has 0 bridgehead atoms. The molecule has 0 saturated heterocycles. The van der Waals surface area contributed by atoms with Crippen molar-refractivity contribution in [2.45, 2.75) is 39.5 Å². The maximum absolute atomic E-state index is 12.8. The second-order valence-corrected chi connectivity index (χ2v) is 5.91. The molecule has 0 aliphatic heterocycles. The average Bonchev–Trinajstić information content (AvgIpc) is 2.36. The van der Waals surface area contributed by atoms with Gasteiger partial charge in [0.2, 0.25) is 0 Å². The molecule has 0 aliphatic carbocycles. The van der Waals surface area contributed by atoms with Crippen molar-refractivity contribution in [3.8, 4) is 0 Å². The van der Waals surface area contributed by atoms with E-state index in [4.69, 9.17) is 5.11 Å². The van der Waals surface area contributed by atoms with Gasteiger partial charge in [-0.2, -0.15) is 0 Å². The Morgan fingerprint density at radius 2 is 1.90 bits per heavy atom. The largest absolute Gasteiger partial charge is 0.395 e. The van der Waals surface area contributed by atoms with E-state index in [0.29, 0.717) is 23.0 Å². The molecule has 7 heteroatoms. The number of anilines is 2. The Hall–Kier alpha value is -1.50. The van der Waals surface area contributed by atoms with Crippen LogP contribution in [-0.2, 0) is 5.41 Å². The number of hydrogen-bond donors (Lipinski definition) is 2. The highest BCUT2D eigenvalue weighted by Crippen LogP contribution is 2.28. The summed E-state index contributed by atoms with van der Waals surface area (Å²) in [6, 6.07) is 0. The van der Waals surface area contributed by atoms with Crippen LogP contribution in [0.4, 0.5) is 20.4 Å². The molecular weight excluding hydrogens is 278 g/mol. The Bertz CT molecular complexity index is 475. The van der Waals surface area contributed by atoms with E-state index in [0.717, 1.165) is 0 Å². The summed E-state index contributed by atoms with van der Waals surface area (Å²) >= 11 is 0. The molecule has 0 aromatic carbocycles. The summed E-state index contributed by atoms with van der Waals surface area (Å²) in [7, 11) is 1.73. The lowest BCUT2D eigenvalue weighted by Gasteiger charge is -2.27. The zero-order valence-electron chi connectivity index (χ0n) is 13.2. The number of rotatable bonds is 6. The van der Waals surface area contributed by atoms with Gasteiger partial charge in [0.15, 0.2) is 0 Å². The second-order valence-electron chi connectivity index (χ2n) is 5.91. The molecule has 1 rings (SSSR count). The number of alkyl halides is 2. The summed E-state index contributed by atoms with van der Waals surface area (Å²) in [5.74, 6) is 1.63. The third kappa shape index (κ3) is 4.49. The molecule has 2 N–H and O–H groups in total. The van der Waals surface area contributed by atoms with Gasteiger partial charge in [-0.1, -0.05) is 20.8 Å². The molecule has 1 aromatic heterocycles. The Morgan fingerprint density at radius 1 is 1.29 bits per heavy atom. The van der Waals surface area contributed by atoms with Crippen LogP contribution in [-0.4, -0.2) is 48.2 Å². The molecule has 0 unspecified atom stereocenters. The molecule has 1 aromatic rings. The van der Waals surface area contributed by atoms with Gasteiger partial charge in [-0.05, 0) is 6.92 Å². The van der Waals surface area contributed by atoms with Crippen LogP contribution < -0.4 is 10.2 Å². The zero-order valence-corrected chi connectivity index (χ0v) is 13.2. The fourth-order valence-corrected chi connectivity index (χ4v) is 1.96. The molecule has 0 saturated carbocycles. The molecular formula is C14H24F2N4O. The Labute approximate surface area is 124 Å². The summed E-state index contributed by atoms with van der Waals surface area (Å²) < 4.78 is 25.5. The van der Waals surface area contributed by atoms with Crippen molar-refractivity contribution in [2.75, 3.05) is 37.0 Å². The van der Waals surface area contributed by atoms with E-state index in [-0.39, 0.29) is 18.6 Å². The van der Waals surface area contributed by atoms with Gasteiger partial charge >= 0.3 is 0 Å². The van der Waals surface area contributed by atoms with Crippen LogP contribution in [0.3, 0.4) is 0 Å². The monoisotopic (exact) mass is 302 g/mol. The second kappa shape index (κ2) is 6.98. The third-order valence-corrected chi connectivity index (χ3v) is 3.06. The standard InChI is InChI=1S/C14H24F2N4O/c1-9-11(17-5)18-13(14(2,3)4)19-12(9)20(6-7-21)8-10(15)16/h10,21H,6-8H2,1-5H3,(H,17,18,19). The molecule has 0 spiro atoms. The van der Waals surface area contributed by atoms with Crippen molar-refractivity contribution < 1.29 is 13.9 Å². The van der Waals surface area contributed by atoms with Crippen LogP contribution in [0.25, 0.3) is 0 Å². The van der Waals surface area contributed by atoms with Crippen molar-refractivity contribution in [3.05, 3.63) is 11.4 Å². The minimum Gasteiger partial charge on any atom is -0.395 e. The summed E-state index contributed by atoms with van der Waals surface area (Å²) in [6.07, 6.45) is -2.50. The van der Waals surface area contributed by atoms with Crippen molar-refractivity contribution in [3.63, 3.8) is 0 Å². The molecule has 120 valence electrons. The molecule has 0 amide bonds. The van der Waals surface area contributed by atoms with Gasteiger partial charge in [0.1, 0.15) is 17.5 Å². The Morgan fingerprint density at radius 3 is 2.33 bits per heavy atom. The fourth-order valence-electron chi connectivity index (χ4n) is 1.96. The summed E-state index contributed by atoms with van der Waals surface area (Å²) in [6.45, 7) is 7.10. The van der Waals surface area contributed by atoms with E-state index in [1.165, 1.54) is 4.90 Å². The van der Waals surface area contributed by atoms with E-state index in [1.54, 1.807) is 14.0 Å². The highest BCUT2D eigenvalue weighted by atomic mass is 19.3. The van der Waals surface area contributed by atoms with Crippen molar-refractivity contribution >= 4 is 11.6 Å². The van der Waals surface area contributed by atoms with Crippen LogP contribution in [0.15, 0.2) is 0 Å². The lowest BCUT2D eigenvalue weighted by molar-refractivity contribution is 0.152. The number of halogens is 2. The SMILES string of the molecule is CNc1nc(C(C)(C)C)nc(N(CCO)CC(F)F)c1C. The number of aliphatic hydroxyl groups is 1. The number of nitrogens with one attached hydrogen (secondary N) is 1. The first-order valence-corrected chi connectivity index (χ1v) is 6.91. The third-order valence-electron chi connectivity index (χ3n) is 3.06. The highest BCUT2D eigenvalue weighted by molar-refractivity contribution is 5.59. The molecule has 1 heterocycles. The maximum Gasteiger partial charge on any atom is 0.255 e. The molecule has 0 atom stereocenters. The number of aromatic nitrogens is 2. The van der Waals surface area contributed by atoms with E-state index in [9.17, 15) is 8.78 Å².